The summed E-state index contributed by atoms with van der Waals surface area (Å²) in [5.41, 5.74) is 5.02. The van der Waals surface area contributed by atoms with Crippen molar-refractivity contribution in [3.8, 4) is 0 Å². The Labute approximate surface area is 53.3 Å². The van der Waals surface area contributed by atoms with E-state index in [-0.39, 0.29) is 0 Å². The molecule has 0 saturated carbocycles. The first kappa shape index (κ1) is 8.39. The summed E-state index contributed by atoms with van der Waals surface area (Å²) >= 11 is 0. The Morgan fingerprint density at radius 2 is 2.22 bits per heavy atom. The van der Waals surface area contributed by atoms with Crippen LogP contribution in [0.4, 0.5) is 0 Å². The summed E-state index contributed by atoms with van der Waals surface area (Å²) in [5.74, 6) is -1.16. The molecule has 0 aliphatic carbocycles. The maximum atomic E-state index is 10.0. The molecule has 2 atom stereocenters. The molecule has 0 aliphatic rings. The molecule has 0 aliphatic heterocycles. The van der Waals surface area contributed by atoms with Crippen LogP contribution >= 0.6 is 0 Å². The monoisotopic (exact) mass is 133 g/mol. The van der Waals surface area contributed by atoms with Crippen molar-refractivity contribution >= 4 is 5.97 Å². The van der Waals surface area contributed by atoms with E-state index in [2.05, 4.69) is 0 Å². The summed E-state index contributed by atoms with van der Waals surface area (Å²) in [4.78, 5) is 10.0. The van der Waals surface area contributed by atoms with E-state index in [1.165, 1.54) is 0 Å². The summed E-state index contributed by atoms with van der Waals surface area (Å²) < 4.78 is 0. The van der Waals surface area contributed by atoms with Gasteiger partial charge in [-0.1, -0.05) is 6.92 Å². The van der Waals surface area contributed by atoms with Crippen molar-refractivity contribution in [3.63, 3.8) is 0 Å². The second-order valence-electron chi connectivity index (χ2n) is 1.84. The van der Waals surface area contributed by atoms with Gasteiger partial charge in [0.05, 0.1) is 6.10 Å². The zero-order valence-corrected chi connectivity index (χ0v) is 5.24. The number of aliphatic hydroxyl groups is 1. The van der Waals surface area contributed by atoms with Gasteiger partial charge in [0.2, 0.25) is 0 Å². The van der Waals surface area contributed by atoms with E-state index in [0.29, 0.717) is 6.42 Å². The van der Waals surface area contributed by atoms with Gasteiger partial charge in [-0.05, 0) is 6.42 Å². The van der Waals surface area contributed by atoms with Crippen molar-refractivity contribution in [2.45, 2.75) is 25.5 Å². The number of hydrogen-bond acceptors (Lipinski definition) is 3. The highest BCUT2D eigenvalue weighted by molar-refractivity contribution is 5.73. The quantitative estimate of drug-likeness (QED) is 0.469. The maximum absolute atomic E-state index is 10.0. The fraction of sp³-hybridized carbons (Fsp3) is 0.800. The van der Waals surface area contributed by atoms with E-state index in [1.807, 2.05) is 0 Å². The van der Waals surface area contributed by atoms with Gasteiger partial charge in [-0.25, -0.2) is 0 Å². The van der Waals surface area contributed by atoms with E-state index in [0.717, 1.165) is 0 Å². The Hall–Kier alpha value is -0.610. The lowest BCUT2D eigenvalue weighted by atomic mass is 10.1. The van der Waals surface area contributed by atoms with Crippen molar-refractivity contribution in [1.82, 2.24) is 0 Å². The zero-order valence-electron chi connectivity index (χ0n) is 5.24. The Balaban J connectivity index is 3.72. The van der Waals surface area contributed by atoms with Crippen LogP contribution in [0.2, 0.25) is 0 Å². The molecular weight excluding hydrogens is 122 g/mol. The van der Waals surface area contributed by atoms with Crippen LogP contribution in [0.1, 0.15) is 13.3 Å². The van der Waals surface area contributed by atoms with E-state index in [4.69, 9.17) is 15.9 Å². The van der Waals surface area contributed by atoms with Crippen LogP contribution in [0.3, 0.4) is 0 Å². The van der Waals surface area contributed by atoms with Crippen molar-refractivity contribution < 1.29 is 15.0 Å². The fourth-order valence-electron chi connectivity index (χ4n) is 0.419. The lowest BCUT2D eigenvalue weighted by Gasteiger charge is -2.10. The Kier molecular flexibility index (Phi) is 3.19. The summed E-state index contributed by atoms with van der Waals surface area (Å²) in [7, 11) is 0. The van der Waals surface area contributed by atoms with Gasteiger partial charge in [-0.3, -0.25) is 4.79 Å². The van der Waals surface area contributed by atoms with E-state index < -0.39 is 18.1 Å². The molecule has 54 valence electrons. The van der Waals surface area contributed by atoms with Gasteiger partial charge in [0.1, 0.15) is 6.04 Å². The molecule has 0 spiro atoms. The number of nitrogens with two attached hydrogens (primary N) is 1. The molecule has 4 heteroatoms. The minimum absolute atomic E-state index is 0.369. The number of carboxylic acids is 1. The van der Waals surface area contributed by atoms with Gasteiger partial charge in [-0.2, -0.15) is 0 Å². The highest BCUT2D eigenvalue weighted by Crippen LogP contribution is 1.94. The normalized spacial score (nSPS) is 16.8. The molecule has 0 bridgehead atoms. The number of aliphatic hydroxyl groups excluding tert-OH is 1. The molecule has 0 amide bonds. The largest absolute Gasteiger partial charge is 0.480 e. The molecule has 4 nitrogen and oxygen atoms in total. The highest BCUT2D eigenvalue weighted by atomic mass is 16.4. The van der Waals surface area contributed by atoms with Crippen LogP contribution in [-0.2, 0) is 4.79 Å². The van der Waals surface area contributed by atoms with Crippen LogP contribution in [0.5, 0.6) is 0 Å². The van der Waals surface area contributed by atoms with Crippen molar-refractivity contribution in [2.24, 2.45) is 5.73 Å². The minimum Gasteiger partial charge on any atom is -0.480 e. The standard InChI is InChI=1S/C5H11NO3/c1-2-3(7)4(6)5(8)9/h3-4,7H,2,6H2,1H3,(H,8,9). The molecule has 0 fully saturated rings. The molecule has 0 rings (SSSR count). The SMILES string of the molecule is CCC(O)C(N)C(=O)O. The minimum atomic E-state index is -1.16. The lowest BCUT2D eigenvalue weighted by Crippen LogP contribution is -2.41. The third-order valence-corrected chi connectivity index (χ3v) is 1.12. The van der Waals surface area contributed by atoms with Crippen LogP contribution in [0.15, 0.2) is 0 Å². The molecule has 0 saturated heterocycles. The number of carbonyl (C=O) groups is 1. The molecule has 0 aromatic carbocycles. The average Bonchev–Trinajstić information content (AvgIpc) is 1.84. The molecule has 4 N–H and O–H groups in total. The van der Waals surface area contributed by atoms with Crippen molar-refractivity contribution in [1.29, 1.82) is 0 Å². The smallest absolute Gasteiger partial charge is 0.323 e. The van der Waals surface area contributed by atoms with Gasteiger partial charge in [0.15, 0.2) is 0 Å². The number of rotatable bonds is 3. The third-order valence-electron chi connectivity index (χ3n) is 1.12. The van der Waals surface area contributed by atoms with E-state index in [1.54, 1.807) is 6.92 Å². The molecular formula is C5H11NO3. The van der Waals surface area contributed by atoms with Crippen molar-refractivity contribution in [2.75, 3.05) is 0 Å². The summed E-state index contributed by atoms with van der Waals surface area (Å²) in [6, 6.07) is -1.14. The first-order valence-corrected chi connectivity index (χ1v) is 2.76. The van der Waals surface area contributed by atoms with Crippen LogP contribution < -0.4 is 5.73 Å². The topological polar surface area (TPSA) is 83.5 Å². The van der Waals surface area contributed by atoms with E-state index in [9.17, 15) is 4.79 Å². The van der Waals surface area contributed by atoms with Crippen LogP contribution in [0, 0.1) is 0 Å². The number of carboxylic acid groups (broad SMARTS) is 1. The predicted molar refractivity (Wildman–Crippen MR) is 31.9 cm³/mol. The second-order valence-corrected chi connectivity index (χ2v) is 1.84. The van der Waals surface area contributed by atoms with E-state index >= 15 is 0 Å². The van der Waals surface area contributed by atoms with Gasteiger partial charge in [-0.15, -0.1) is 0 Å². The van der Waals surface area contributed by atoms with Gasteiger partial charge in [0, 0.05) is 0 Å². The Bertz CT molecular complexity index is 104. The Morgan fingerprint density at radius 1 is 1.78 bits per heavy atom. The predicted octanol–water partition coefficient (Wildman–Crippen LogP) is -0.831. The Morgan fingerprint density at radius 3 is 2.33 bits per heavy atom. The van der Waals surface area contributed by atoms with Gasteiger partial charge in [0.25, 0.3) is 0 Å². The third kappa shape index (κ3) is 2.43. The lowest BCUT2D eigenvalue weighted by molar-refractivity contribution is -0.141. The maximum Gasteiger partial charge on any atom is 0.323 e. The first-order valence-electron chi connectivity index (χ1n) is 2.76. The molecule has 0 aromatic heterocycles. The fourth-order valence-corrected chi connectivity index (χ4v) is 0.419. The summed E-state index contributed by atoms with van der Waals surface area (Å²) in [6.07, 6.45) is -0.560. The molecule has 0 heterocycles. The molecule has 2 unspecified atom stereocenters. The second kappa shape index (κ2) is 3.42. The average molecular weight is 133 g/mol. The zero-order chi connectivity index (χ0) is 7.44. The number of aliphatic carboxylic acids is 1. The van der Waals surface area contributed by atoms with Crippen molar-refractivity contribution in [3.05, 3.63) is 0 Å². The van der Waals surface area contributed by atoms with Gasteiger partial charge >= 0.3 is 5.97 Å². The molecule has 9 heavy (non-hydrogen) atoms. The number of hydrogen-bond donors (Lipinski definition) is 3. The highest BCUT2D eigenvalue weighted by Gasteiger charge is 2.19. The summed E-state index contributed by atoms with van der Waals surface area (Å²) in [5, 5.41) is 17.0. The van der Waals surface area contributed by atoms with Crippen LogP contribution in [-0.4, -0.2) is 28.3 Å². The first-order chi connectivity index (χ1) is 4.09. The van der Waals surface area contributed by atoms with Crippen LogP contribution in [0.25, 0.3) is 0 Å². The summed E-state index contributed by atoms with van der Waals surface area (Å²) in [6.45, 7) is 1.67. The molecule has 0 aromatic rings. The van der Waals surface area contributed by atoms with Gasteiger partial charge < -0.3 is 15.9 Å². The molecule has 0 radical (unpaired) electrons.